The van der Waals surface area contributed by atoms with Gasteiger partial charge in [-0.2, -0.15) is 0 Å². The highest BCUT2D eigenvalue weighted by Crippen LogP contribution is 2.09. The molecule has 0 aliphatic heterocycles. The molecule has 1 amide bonds. The van der Waals surface area contributed by atoms with Crippen molar-refractivity contribution in [3.63, 3.8) is 0 Å². The summed E-state index contributed by atoms with van der Waals surface area (Å²) in [5, 5.41) is 3.13. The van der Waals surface area contributed by atoms with Crippen LogP contribution in [0.15, 0.2) is 24.5 Å². The van der Waals surface area contributed by atoms with Gasteiger partial charge in [0.2, 0.25) is 5.91 Å². The fraction of sp³-hybridized carbons (Fsp3) is 0.400. The zero-order chi connectivity index (χ0) is 11.3. The molecule has 1 aromatic rings. The Kier molecular flexibility index (Phi) is 4.20. The van der Waals surface area contributed by atoms with Gasteiger partial charge in [0.05, 0.1) is 6.04 Å². The van der Waals surface area contributed by atoms with E-state index in [2.05, 4.69) is 10.3 Å². The molecule has 0 spiro atoms. The van der Waals surface area contributed by atoms with Gasteiger partial charge in [0, 0.05) is 25.0 Å². The molecule has 1 heterocycles. The molecule has 0 aromatic carbocycles. The van der Waals surface area contributed by atoms with Gasteiger partial charge in [-0.05, 0) is 24.6 Å². The first-order chi connectivity index (χ1) is 7.11. The van der Waals surface area contributed by atoms with Gasteiger partial charge in [0.25, 0.3) is 0 Å². The zero-order valence-electron chi connectivity index (χ0n) is 8.68. The number of carbonyl (C=O) groups is 1. The number of rotatable bonds is 5. The minimum Gasteiger partial charge on any atom is -0.368 e. The highest BCUT2D eigenvalue weighted by molar-refractivity contribution is 5.79. The normalized spacial score (nSPS) is 14.5. The lowest BCUT2D eigenvalue weighted by atomic mass is 10.1. The molecule has 5 heteroatoms. The van der Waals surface area contributed by atoms with Gasteiger partial charge >= 0.3 is 0 Å². The summed E-state index contributed by atoms with van der Waals surface area (Å²) in [7, 11) is 0. The quantitative estimate of drug-likeness (QED) is 0.610. The van der Waals surface area contributed by atoms with Crippen LogP contribution in [0.5, 0.6) is 0 Å². The van der Waals surface area contributed by atoms with E-state index in [-0.39, 0.29) is 6.04 Å². The summed E-state index contributed by atoms with van der Waals surface area (Å²) < 4.78 is 0. The van der Waals surface area contributed by atoms with E-state index in [0.717, 1.165) is 5.56 Å². The summed E-state index contributed by atoms with van der Waals surface area (Å²) in [6.07, 6.45) is 3.45. The van der Waals surface area contributed by atoms with Crippen LogP contribution < -0.4 is 16.8 Å². The van der Waals surface area contributed by atoms with Gasteiger partial charge < -0.3 is 16.8 Å². The average molecular weight is 208 g/mol. The SMILES string of the molecule is C[C@H](NCC(N)C(N)=O)c1ccncc1. The molecule has 1 aromatic heterocycles. The summed E-state index contributed by atoms with van der Waals surface area (Å²) in [5.74, 6) is -0.496. The van der Waals surface area contributed by atoms with Crippen molar-refractivity contribution >= 4 is 5.91 Å². The average Bonchev–Trinajstić information content (AvgIpc) is 2.26. The van der Waals surface area contributed by atoms with Crippen molar-refractivity contribution in [2.45, 2.75) is 19.0 Å². The smallest absolute Gasteiger partial charge is 0.235 e. The van der Waals surface area contributed by atoms with Crippen molar-refractivity contribution in [1.82, 2.24) is 10.3 Å². The fourth-order valence-electron chi connectivity index (χ4n) is 1.17. The molecular formula is C10H16N4O. The third-order valence-corrected chi connectivity index (χ3v) is 2.22. The predicted octanol–water partition coefficient (Wildman–Crippen LogP) is -0.455. The first-order valence-electron chi connectivity index (χ1n) is 4.79. The van der Waals surface area contributed by atoms with Crippen LogP contribution in [0.1, 0.15) is 18.5 Å². The van der Waals surface area contributed by atoms with Crippen LogP contribution >= 0.6 is 0 Å². The number of carbonyl (C=O) groups excluding carboxylic acids is 1. The van der Waals surface area contributed by atoms with Crippen molar-refractivity contribution in [1.29, 1.82) is 0 Å². The number of primary amides is 1. The first-order valence-corrected chi connectivity index (χ1v) is 4.79. The summed E-state index contributed by atoms with van der Waals surface area (Å²) in [6, 6.07) is 3.30. The number of hydrogen-bond donors (Lipinski definition) is 3. The Balaban J connectivity index is 2.43. The number of hydrogen-bond acceptors (Lipinski definition) is 4. The van der Waals surface area contributed by atoms with Crippen LogP contribution in [0.3, 0.4) is 0 Å². The number of nitrogens with two attached hydrogens (primary N) is 2. The largest absolute Gasteiger partial charge is 0.368 e. The Morgan fingerprint density at radius 2 is 2.13 bits per heavy atom. The van der Waals surface area contributed by atoms with E-state index >= 15 is 0 Å². The van der Waals surface area contributed by atoms with Crippen LogP contribution in [-0.2, 0) is 4.79 Å². The number of aromatic nitrogens is 1. The van der Waals surface area contributed by atoms with Gasteiger partial charge in [0.15, 0.2) is 0 Å². The van der Waals surface area contributed by atoms with Crippen molar-refractivity contribution in [3.8, 4) is 0 Å². The molecule has 0 radical (unpaired) electrons. The van der Waals surface area contributed by atoms with Crippen molar-refractivity contribution < 1.29 is 4.79 Å². The van der Waals surface area contributed by atoms with E-state index in [4.69, 9.17) is 11.5 Å². The second-order valence-electron chi connectivity index (χ2n) is 3.42. The topological polar surface area (TPSA) is 94.0 Å². The first kappa shape index (κ1) is 11.6. The Morgan fingerprint density at radius 3 is 2.67 bits per heavy atom. The van der Waals surface area contributed by atoms with E-state index in [0.29, 0.717) is 6.54 Å². The van der Waals surface area contributed by atoms with Gasteiger partial charge in [-0.15, -0.1) is 0 Å². The summed E-state index contributed by atoms with van der Waals surface area (Å²) in [6.45, 7) is 2.36. The molecule has 2 atom stereocenters. The van der Waals surface area contributed by atoms with E-state index in [1.807, 2.05) is 19.1 Å². The summed E-state index contributed by atoms with van der Waals surface area (Å²) in [4.78, 5) is 14.6. The molecule has 0 aliphatic rings. The molecule has 82 valence electrons. The van der Waals surface area contributed by atoms with Crippen LogP contribution in [0.25, 0.3) is 0 Å². The molecule has 1 unspecified atom stereocenters. The molecule has 5 N–H and O–H groups in total. The van der Waals surface area contributed by atoms with Crippen molar-refractivity contribution in [2.75, 3.05) is 6.54 Å². The minimum absolute atomic E-state index is 0.124. The van der Waals surface area contributed by atoms with Crippen LogP contribution in [0.4, 0.5) is 0 Å². The third kappa shape index (κ3) is 3.65. The lowest BCUT2D eigenvalue weighted by Crippen LogP contribution is -2.44. The van der Waals surface area contributed by atoms with E-state index in [1.54, 1.807) is 12.4 Å². The Morgan fingerprint density at radius 1 is 1.53 bits per heavy atom. The molecule has 0 aliphatic carbocycles. The Bertz CT molecular complexity index is 314. The van der Waals surface area contributed by atoms with E-state index in [9.17, 15) is 4.79 Å². The highest BCUT2D eigenvalue weighted by atomic mass is 16.1. The van der Waals surface area contributed by atoms with Gasteiger partial charge in [-0.3, -0.25) is 9.78 Å². The van der Waals surface area contributed by atoms with Crippen LogP contribution in [0.2, 0.25) is 0 Å². The van der Waals surface area contributed by atoms with Crippen LogP contribution in [0, 0.1) is 0 Å². The second kappa shape index (κ2) is 5.43. The number of amides is 1. The summed E-state index contributed by atoms with van der Waals surface area (Å²) in [5.41, 5.74) is 11.6. The maximum atomic E-state index is 10.7. The van der Waals surface area contributed by atoms with Crippen molar-refractivity contribution in [3.05, 3.63) is 30.1 Å². The van der Waals surface area contributed by atoms with Gasteiger partial charge in [-0.25, -0.2) is 0 Å². The minimum atomic E-state index is -0.644. The molecular weight excluding hydrogens is 192 g/mol. The maximum absolute atomic E-state index is 10.7. The fourth-order valence-corrected chi connectivity index (χ4v) is 1.17. The number of pyridine rings is 1. The lowest BCUT2D eigenvalue weighted by molar-refractivity contribution is -0.119. The van der Waals surface area contributed by atoms with Gasteiger partial charge in [0.1, 0.15) is 0 Å². The van der Waals surface area contributed by atoms with Crippen LogP contribution in [-0.4, -0.2) is 23.5 Å². The standard InChI is InChI=1S/C10H16N4O/c1-7(8-2-4-13-5-3-8)14-6-9(11)10(12)15/h2-5,7,9,14H,6,11H2,1H3,(H2,12,15)/t7-,9?/m0/s1. The van der Waals surface area contributed by atoms with Crippen molar-refractivity contribution in [2.24, 2.45) is 11.5 Å². The monoisotopic (exact) mass is 208 g/mol. The van der Waals surface area contributed by atoms with E-state index in [1.165, 1.54) is 0 Å². The Hall–Kier alpha value is -1.46. The highest BCUT2D eigenvalue weighted by Gasteiger charge is 2.11. The molecule has 0 saturated heterocycles. The summed E-state index contributed by atoms with van der Waals surface area (Å²) >= 11 is 0. The molecule has 15 heavy (non-hydrogen) atoms. The number of nitrogens with zero attached hydrogens (tertiary/aromatic N) is 1. The van der Waals surface area contributed by atoms with Gasteiger partial charge in [-0.1, -0.05) is 0 Å². The zero-order valence-corrected chi connectivity index (χ0v) is 8.68. The molecule has 0 fully saturated rings. The Labute approximate surface area is 88.9 Å². The second-order valence-corrected chi connectivity index (χ2v) is 3.42. The molecule has 0 bridgehead atoms. The lowest BCUT2D eigenvalue weighted by Gasteiger charge is -2.16. The van der Waals surface area contributed by atoms with E-state index < -0.39 is 11.9 Å². The molecule has 5 nitrogen and oxygen atoms in total. The molecule has 0 saturated carbocycles. The predicted molar refractivity (Wildman–Crippen MR) is 57.8 cm³/mol. The number of nitrogens with one attached hydrogen (secondary N) is 1. The third-order valence-electron chi connectivity index (χ3n) is 2.22. The maximum Gasteiger partial charge on any atom is 0.235 e. The molecule has 1 rings (SSSR count).